The number of nitriles is 1. The largest absolute Gasteiger partial charge is 0.480 e. The van der Waals surface area contributed by atoms with Crippen molar-refractivity contribution in [2.45, 2.75) is 51.5 Å². The zero-order valence-corrected chi connectivity index (χ0v) is 13.1. The quantitative estimate of drug-likeness (QED) is 0.849. The normalized spacial score (nSPS) is 29.9. The fraction of sp³-hybridized carbons (Fsp3) is 0.857. The van der Waals surface area contributed by atoms with Crippen LogP contribution in [0.5, 0.6) is 0 Å². The lowest BCUT2D eigenvalue weighted by atomic mass is 9.91. The highest BCUT2D eigenvalue weighted by atomic mass is 32.2. The number of hydrogen-bond donors (Lipinski definition) is 1. The highest BCUT2D eigenvalue weighted by Crippen LogP contribution is 2.40. The van der Waals surface area contributed by atoms with Crippen LogP contribution in [0.15, 0.2) is 0 Å². The van der Waals surface area contributed by atoms with Crippen LogP contribution in [0.3, 0.4) is 0 Å². The van der Waals surface area contributed by atoms with Crippen molar-refractivity contribution in [3.05, 3.63) is 0 Å². The molecule has 2 atom stereocenters. The van der Waals surface area contributed by atoms with Gasteiger partial charge in [-0.25, -0.2) is 8.42 Å². The van der Waals surface area contributed by atoms with Gasteiger partial charge >= 0.3 is 5.97 Å². The van der Waals surface area contributed by atoms with Crippen LogP contribution in [0, 0.1) is 22.7 Å². The molecule has 21 heavy (non-hydrogen) atoms. The first-order valence-corrected chi connectivity index (χ1v) is 9.06. The Morgan fingerprint density at radius 2 is 2.00 bits per heavy atom. The number of sulfonamides is 1. The average molecular weight is 314 g/mol. The molecule has 1 heterocycles. The van der Waals surface area contributed by atoms with Crippen LogP contribution in [-0.2, 0) is 14.8 Å². The number of nitrogens with zero attached hydrogens (tertiary/aromatic N) is 2. The maximum Gasteiger partial charge on any atom is 0.322 e. The van der Waals surface area contributed by atoms with E-state index in [1.807, 2.05) is 0 Å². The number of carboxylic acids is 1. The Hall–Kier alpha value is -1.13. The lowest BCUT2D eigenvalue weighted by Crippen LogP contribution is -2.53. The summed E-state index contributed by atoms with van der Waals surface area (Å²) >= 11 is 0. The Labute approximate surface area is 125 Å². The average Bonchev–Trinajstić information content (AvgIpc) is 2.86. The molecule has 118 valence electrons. The molecule has 2 unspecified atom stereocenters. The highest BCUT2D eigenvalue weighted by molar-refractivity contribution is 7.89. The summed E-state index contributed by atoms with van der Waals surface area (Å²) in [5.74, 6) is -1.54. The topological polar surface area (TPSA) is 98.5 Å². The fourth-order valence-corrected chi connectivity index (χ4v) is 5.87. The van der Waals surface area contributed by atoms with Gasteiger partial charge in [0, 0.05) is 6.54 Å². The molecule has 1 aliphatic carbocycles. The lowest BCUT2D eigenvalue weighted by Gasteiger charge is -2.37. The summed E-state index contributed by atoms with van der Waals surface area (Å²) in [5.41, 5.74) is -0.831. The molecule has 0 aromatic heterocycles. The van der Waals surface area contributed by atoms with Crippen molar-refractivity contribution in [1.82, 2.24) is 4.31 Å². The third-order valence-corrected chi connectivity index (χ3v) is 6.80. The van der Waals surface area contributed by atoms with Crippen molar-refractivity contribution < 1.29 is 18.3 Å². The van der Waals surface area contributed by atoms with E-state index in [2.05, 4.69) is 6.07 Å². The Morgan fingerprint density at radius 1 is 1.38 bits per heavy atom. The molecule has 0 amide bonds. The van der Waals surface area contributed by atoms with Crippen LogP contribution < -0.4 is 0 Å². The summed E-state index contributed by atoms with van der Waals surface area (Å²) in [4.78, 5) is 11.4. The van der Waals surface area contributed by atoms with Gasteiger partial charge in [-0.05, 0) is 31.6 Å². The summed E-state index contributed by atoms with van der Waals surface area (Å²) in [6, 6.07) is 1.18. The lowest BCUT2D eigenvalue weighted by molar-refractivity contribution is -0.144. The number of piperidine rings is 1. The van der Waals surface area contributed by atoms with Gasteiger partial charge in [-0.3, -0.25) is 4.79 Å². The van der Waals surface area contributed by atoms with Crippen LogP contribution >= 0.6 is 0 Å². The van der Waals surface area contributed by atoms with E-state index in [-0.39, 0.29) is 18.2 Å². The molecule has 6 nitrogen and oxygen atoms in total. The van der Waals surface area contributed by atoms with E-state index in [0.717, 1.165) is 17.1 Å². The molecular weight excluding hydrogens is 292 g/mol. The van der Waals surface area contributed by atoms with Crippen molar-refractivity contribution >= 4 is 16.0 Å². The molecule has 7 heteroatoms. The molecule has 0 spiro atoms. The van der Waals surface area contributed by atoms with Crippen LogP contribution in [0.1, 0.15) is 45.4 Å². The number of carboxylic acid groups (broad SMARTS) is 1. The standard InChI is InChI=1S/C14H22N2O4S/c1-11-5-4-8-16(12(11)13(17)18)21(19,20)10-14(9-15)6-2-3-7-14/h11-12H,2-8,10H2,1H3,(H,17,18). The summed E-state index contributed by atoms with van der Waals surface area (Å²) in [6.07, 6.45) is 4.29. The first kappa shape index (κ1) is 16.2. The van der Waals surface area contributed by atoms with E-state index in [1.54, 1.807) is 6.92 Å². The molecule has 2 fully saturated rings. The maximum atomic E-state index is 12.7. The highest BCUT2D eigenvalue weighted by Gasteiger charge is 2.46. The summed E-state index contributed by atoms with van der Waals surface area (Å²) < 4.78 is 26.5. The Bertz CT molecular complexity index is 546. The van der Waals surface area contributed by atoms with Crippen molar-refractivity contribution in [2.24, 2.45) is 11.3 Å². The minimum absolute atomic E-state index is 0.201. The SMILES string of the molecule is CC1CCCN(S(=O)(=O)CC2(C#N)CCCC2)C1C(=O)O. The van der Waals surface area contributed by atoms with Crippen LogP contribution in [0.2, 0.25) is 0 Å². The van der Waals surface area contributed by atoms with Gasteiger partial charge < -0.3 is 5.11 Å². The van der Waals surface area contributed by atoms with E-state index in [4.69, 9.17) is 0 Å². The minimum atomic E-state index is -3.73. The van der Waals surface area contributed by atoms with Crippen molar-refractivity contribution in [1.29, 1.82) is 5.26 Å². The molecule has 0 bridgehead atoms. The molecule has 1 aliphatic heterocycles. The smallest absolute Gasteiger partial charge is 0.322 e. The summed E-state index contributed by atoms with van der Waals surface area (Å²) in [5, 5.41) is 18.7. The number of hydrogen-bond acceptors (Lipinski definition) is 4. The van der Waals surface area contributed by atoms with E-state index >= 15 is 0 Å². The van der Waals surface area contributed by atoms with E-state index < -0.39 is 27.4 Å². The molecule has 0 aromatic rings. The van der Waals surface area contributed by atoms with Crippen molar-refractivity contribution in [3.8, 4) is 6.07 Å². The van der Waals surface area contributed by atoms with Gasteiger partial charge in [-0.15, -0.1) is 0 Å². The predicted octanol–water partition coefficient (Wildman–Crippen LogP) is 1.59. The zero-order valence-electron chi connectivity index (χ0n) is 12.3. The van der Waals surface area contributed by atoms with Gasteiger partial charge in [0.2, 0.25) is 10.0 Å². The van der Waals surface area contributed by atoms with Gasteiger partial charge in [0.1, 0.15) is 6.04 Å². The maximum absolute atomic E-state index is 12.7. The van der Waals surface area contributed by atoms with Crippen molar-refractivity contribution in [3.63, 3.8) is 0 Å². The number of carbonyl (C=O) groups is 1. The van der Waals surface area contributed by atoms with E-state index in [1.165, 1.54) is 0 Å². The second kappa shape index (κ2) is 5.93. The third kappa shape index (κ3) is 3.22. The van der Waals surface area contributed by atoms with Gasteiger partial charge in [-0.1, -0.05) is 19.8 Å². The first-order chi connectivity index (χ1) is 9.81. The molecule has 2 aliphatic rings. The Kier molecular flexibility index (Phi) is 4.59. The van der Waals surface area contributed by atoms with Gasteiger partial charge in [0.05, 0.1) is 17.2 Å². The molecule has 0 radical (unpaired) electrons. The number of rotatable bonds is 4. The molecule has 1 saturated heterocycles. The van der Waals surface area contributed by atoms with E-state index in [9.17, 15) is 23.6 Å². The van der Waals surface area contributed by atoms with Gasteiger partial charge in [0.15, 0.2) is 0 Å². The molecule has 0 aromatic carbocycles. The van der Waals surface area contributed by atoms with E-state index in [0.29, 0.717) is 25.7 Å². The second-order valence-corrected chi connectivity index (χ2v) is 8.29. The number of aliphatic carboxylic acids is 1. The van der Waals surface area contributed by atoms with Crippen LogP contribution in [0.4, 0.5) is 0 Å². The van der Waals surface area contributed by atoms with Gasteiger partial charge in [0.25, 0.3) is 0 Å². The fourth-order valence-electron chi connectivity index (χ4n) is 3.60. The predicted molar refractivity (Wildman–Crippen MR) is 76.8 cm³/mol. The Morgan fingerprint density at radius 3 is 2.52 bits per heavy atom. The van der Waals surface area contributed by atoms with Crippen LogP contribution in [0.25, 0.3) is 0 Å². The van der Waals surface area contributed by atoms with Gasteiger partial charge in [-0.2, -0.15) is 9.57 Å². The molecule has 2 rings (SSSR count). The first-order valence-electron chi connectivity index (χ1n) is 7.45. The van der Waals surface area contributed by atoms with Crippen molar-refractivity contribution in [2.75, 3.05) is 12.3 Å². The zero-order chi connectivity index (χ0) is 15.7. The molecular formula is C14H22N2O4S. The summed E-state index contributed by atoms with van der Waals surface area (Å²) in [6.45, 7) is 2.02. The monoisotopic (exact) mass is 314 g/mol. The second-order valence-electron chi connectivity index (χ2n) is 6.37. The summed E-state index contributed by atoms with van der Waals surface area (Å²) in [7, 11) is -3.73. The Balaban J connectivity index is 2.25. The minimum Gasteiger partial charge on any atom is -0.480 e. The third-order valence-electron chi connectivity index (χ3n) is 4.75. The molecule has 1 N–H and O–H groups in total. The van der Waals surface area contributed by atoms with Crippen LogP contribution in [-0.4, -0.2) is 42.1 Å². The molecule has 1 saturated carbocycles.